The molecule has 152 valence electrons. The third-order valence-corrected chi connectivity index (χ3v) is 4.84. The number of methoxy groups -OCH3 is 1. The van der Waals surface area contributed by atoms with Crippen molar-refractivity contribution in [2.45, 2.75) is 32.6 Å². The van der Waals surface area contributed by atoms with Gasteiger partial charge >= 0.3 is 0 Å². The van der Waals surface area contributed by atoms with Gasteiger partial charge in [0.25, 0.3) is 0 Å². The number of nitrogens with one attached hydrogen (secondary N) is 2. The smallest absolute Gasteiger partial charge is 0.220 e. The molecular formula is C20H33IN4O2. The first-order chi connectivity index (χ1) is 12.7. The summed E-state index contributed by atoms with van der Waals surface area (Å²) in [5, 5.41) is 6.12. The number of benzene rings is 1. The molecule has 0 atom stereocenters. The number of piperidine rings is 1. The van der Waals surface area contributed by atoms with Gasteiger partial charge in [-0.2, -0.15) is 0 Å². The van der Waals surface area contributed by atoms with Crippen LogP contribution in [0.15, 0.2) is 29.3 Å². The van der Waals surface area contributed by atoms with Gasteiger partial charge < -0.3 is 20.3 Å². The van der Waals surface area contributed by atoms with Crippen LogP contribution in [0.3, 0.4) is 0 Å². The number of ether oxygens (including phenoxy) is 1. The van der Waals surface area contributed by atoms with Crippen LogP contribution in [0.5, 0.6) is 5.75 Å². The van der Waals surface area contributed by atoms with Crippen molar-refractivity contribution < 1.29 is 9.53 Å². The Balaban J connectivity index is 0.00000364. The van der Waals surface area contributed by atoms with E-state index in [9.17, 15) is 4.79 Å². The van der Waals surface area contributed by atoms with Crippen molar-refractivity contribution in [2.75, 3.05) is 40.3 Å². The minimum Gasteiger partial charge on any atom is -0.496 e. The number of amides is 1. The summed E-state index contributed by atoms with van der Waals surface area (Å²) in [6.07, 6.45) is 3.55. The fraction of sp³-hybridized carbons (Fsp3) is 0.600. The van der Waals surface area contributed by atoms with Crippen molar-refractivity contribution in [1.82, 2.24) is 15.5 Å². The molecule has 1 aromatic rings. The third-order valence-electron chi connectivity index (χ3n) is 4.84. The molecule has 0 radical (unpaired) electrons. The molecule has 1 amide bonds. The number of aliphatic imine (C=N–C) groups is 1. The van der Waals surface area contributed by atoms with E-state index in [4.69, 9.17) is 9.73 Å². The highest BCUT2D eigenvalue weighted by atomic mass is 127. The molecule has 1 aliphatic rings. The van der Waals surface area contributed by atoms with E-state index in [-0.39, 0.29) is 29.9 Å². The van der Waals surface area contributed by atoms with Gasteiger partial charge in [0.1, 0.15) is 5.75 Å². The summed E-state index contributed by atoms with van der Waals surface area (Å²) in [6.45, 7) is 5.56. The number of carbonyl (C=O) groups excluding carboxylic acids is 1. The second-order valence-corrected chi connectivity index (χ2v) is 6.61. The standard InChI is InChI=1S/C20H32N4O2.HI/c1-4-22-20(23-12-9-17-7-5-6-8-18(17)26-3)24-13-10-16(11-14-24)15-19(25)21-2;/h5-8,16H,4,9-15H2,1-3H3,(H,21,25)(H,22,23);1H. The van der Waals surface area contributed by atoms with Crippen molar-refractivity contribution in [1.29, 1.82) is 0 Å². The number of rotatable bonds is 7. The Bertz CT molecular complexity index is 601. The molecule has 2 N–H and O–H groups in total. The molecule has 1 aromatic carbocycles. The lowest BCUT2D eigenvalue weighted by atomic mass is 9.93. The highest BCUT2D eigenvalue weighted by Gasteiger charge is 2.23. The number of halogens is 1. The van der Waals surface area contributed by atoms with E-state index in [2.05, 4.69) is 28.5 Å². The van der Waals surface area contributed by atoms with Crippen LogP contribution in [0.4, 0.5) is 0 Å². The Kier molecular flexibility index (Phi) is 11.2. The van der Waals surface area contributed by atoms with E-state index in [0.717, 1.165) is 57.2 Å². The monoisotopic (exact) mass is 488 g/mol. The van der Waals surface area contributed by atoms with Gasteiger partial charge in [0.05, 0.1) is 7.11 Å². The largest absolute Gasteiger partial charge is 0.496 e. The quantitative estimate of drug-likeness (QED) is 0.352. The normalized spacial score (nSPS) is 15.1. The molecule has 1 heterocycles. The van der Waals surface area contributed by atoms with Crippen LogP contribution in [0, 0.1) is 5.92 Å². The van der Waals surface area contributed by atoms with Crippen LogP contribution in [0.25, 0.3) is 0 Å². The topological polar surface area (TPSA) is 66.0 Å². The molecule has 27 heavy (non-hydrogen) atoms. The highest BCUT2D eigenvalue weighted by molar-refractivity contribution is 14.0. The van der Waals surface area contributed by atoms with Crippen molar-refractivity contribution in [3.05, 3.63) is 29.8 Å². The van der Waals surface area contributed by atoms with E-state index in [1.807, 2.05) is 18.2 Å². The molecule has 1 saturated heterocycles. The van der Waals surface area contributed by atoms with E-state index in [1.54, 1.807) is 14.2 Å². The van der Waals surface area contributed by atoms with E-state index < -0.39 is 0 Å². The lowest BCUT2D eigenvalue weighted by Crippen LogP contribution is -2.46. The fourth-order valence-electron chi connectivity index (χ4n) is 3.33. The number of likely N-dealkylation sites (tertiary alicyclic amines) is 1. The summed E-state index contributed by atoms with van der Waals surface area (Å²) in [5.41, 5.74) is 1.18. The molecule has 6 nitrogen and oxygen atoms in total. The van der Waals surface area contributed by atoms with E-state index in [0.29, 0.717) is 12.3 Å². The van der Waals surface area contributed by atoms with Gasteiger partial charge in [-0.15, -0.1) is 24.0 Å². The molecule has 0 saturated carbocycles. The van der Waals surface area contributed by atoms with Gasteiger partial charge in [0.15, 0.2) is 5.96 Å². The van der Waals surface area contributed by atoms with Gasteiger partial charge in [-0.25, -0.2) is 0 Å². The van der Waals surface area contributed by atoms with Crippen molar-refractivity contribution in [2.24, 2.45) is 10.9 Å². The molecule has 1 aliphatic heterocycles. The highest BCUT2D eigenvalue weighted by Crippen LogP contribution is 2.21. The first kappa shape index (κ1) is 23.5. The summed E-state index contributed by atoms with van der Waals surface area (Å²) >= 11 is 0. The molecular weight excluding hydrogens is 455 g/mol. The zero-order chi connectivity index (χ0) is 18.8. The molecule has 0 aromatic heterocycles. The zero-order valence-corrected chi connectivity index (χ0v) is 19.0. The molecule has 0 bridgehead atoms. The summed E-state index contributed by atoms with van der Waals surface area (Å²) in [6, 6.07) is 8.09. The average Bonchev–Trinajstić information content (AvgIpc) is 2.68. The number of hydrogen-bond donors (Lipinski definition) is 2. The maximum atomic E-state index is 11.6. The predicted molar refractivity (Wildman–Crippen MR) is 121 cm³/mol. The Hall–Kier alpha value is -1.51. The van der Waals surface area contributed by atoms with Gasteiger partial charge in [0, 0.05) is 39.6 Å². The minimum atomic E-state index is 0. The Labute approximate surface area is 180 Å². The second-order valence-electron chi connectivity index (χ2n) is 6.61. The average molecular weight is 488 g/mol. The van der Waals surface area contributed by atoms with Crippen LogP contribution in [-0.2, 0) is 11.2 Å². The lowest BCUT2D eigenvalue weighted by molar-refractivity contribution is -0.121. The van der Waals surface area contributed by atoms with Crippen molar-refractivity contribution >= 4 is 35.8 Å². The predicted octanol–water partition coefficient (Wildman–Crippen LogP) is 2.67. The first-order valence-corrected chi connectivity index (χ1v) is 9.53. The van der Waals surface area contributed by atoms with Crippen molar-refractivity contribution in [3.8, 4) is 5.75 Å². The minimum absolute atomic E-state index is 0. The molecule has 0 unspecified atom stereocenters. The fourth-order valence-corrected chi connectivity index (χ4v) is 3.33. The lowest BCUT2D eigenvalue weighted by Gasteiger charge is -2.34. The number of guanidine groups is 1. The van der Waals surface area contributed by atoms with Crippen LogP contribution >= 0.6 is 24.0 Å². The van der Waals surface area contributed by atoms with Crippen LogP contribution in [-0.4, -0.2) is 57.1 Å². The molecule has 2 rings (SSSR count). The number of carbonyl (C=O) groups is 1. The molecule has 0 spiro atoms. The second kappa shape index (κ2) is 12.8. The van der Waals surface area contributed by atoms with Crippen LogP contribution in [0.1, 0.15) is 31.7 Å². The molecule has 7 heteroatoms. The SMILES string of the molecule is CCNC(=NCCc1ccccc1OC)N1CCC(CC(=O)NC)CC1.I. The van der Waals surface area contributed by atoms with E-state index >= 15 is 0 Å². The van der Waals surface area contributed by atoms with E-state index in [1.165, 1.54) is 5.56 Å². The Morgan fingerprint density at radius 1 is 1.30 bits per heavy atom. The Morgan fingerprint density at radius 2 is 2.00 bits per heavy atom. The molecule has 1 fully saturated rings. The summed E-state index contributed by atoms with van der Waals surface area (Å²) in [4.78, 5) is 18.7. The van der Waals surface area contributed by atoms with Crippen LogP contribution < -0.4 is 15.4 Å². The number of nitrogens with zero attached hydrogens (tertiary/aromatic N) is 2. The molecule has 0 aliphatic carbocycles. The number of hydrogen-bond acceptors (Lipinski definition) is 3. The first-order valence-electron chi connectivity index (χ1n) is 9.53. The third kappa shape index (κ3) is 7.56. The van der Waals surface area contributed by atoms with Gasteiger partial charge in [-0.3, -0.25) is 9.79 Å². The summed E-state index contributed by atoms with van der Waals surface area (Å²) in [5.74, 6) is 2.51. The van der Waals surface area contributed by atoms with Gasteiger partial charge in [0.2, 0.25) is 5.91 Å². The van der Waals surface area contributed by atoms with Gasteiger partial charge in [-0.05, 0) is 43.7 Å². The maximum Gasteiger partial charge on any atom is 0.220 e. The summed E-state index contributed by atoms with van der Waals surface area (Å²) < 4.78 is 5.41. The van der Waals surface area contributed by atoms with Crippen LogP contribution in [0.2, 0.25) is 0 Å². The maximum absolute atomic E-state index is 11.6. The Morgan fingerprint density at radius 3 is 2.63 bits per heavy atom. The summed E-state index contributed by atoms with van der Waals surface area (Å²) in [7, 11) is 3.41. The van der Waals surface area contributed by atoms with Crippen molar-refractivity contribution in [3.63, 3.8) is 0 Å². The number of para-hydroxylation sites is 1. The zero-order valence-electron chi connectivity index (χ0n) is 16.7. The van der Waals surface area contributed by atoms with Gasteiger partial charge in [-0.1, -0.05) is 18.2 Å².